The molecule has 0 aliphatic carbocycles. The summed E-state index contributed by atoms with van der Waals surface area (Å²) in [6.07, 6.45) is 2.88. The van der Waals surface area contributed by atoms with Gasteiger partial charge in [0.15, 0.2) is 0 Å². The van der Waals surface area contributed by atoms with Crippen LogP contribution >= 0.6 is 23.2 Å². The summed E-state index contributed by atoms with van der Waals surface area (Å²) in [5.41, 5.74) is 1.82. The highest BCUT2D eigenvalue weighted by atomic mass is 35.5. The van der Waals surface area contributed by atoms with Gasteiger partial charge in [-0.15, -0.1) is 11.6 Å². The van der Waals surface area contributed by atoms with Crippen LogP contribution in [0.5, 0.6) is 0 Å². The molecule has 78 valence electrons. The van der Waals surface area contributed by atoms with E-state index >= 15 is 0 Å². The van der Waals surface area contributed by atoms with Crippen LogP contribution in [0, 0.1) is 5.41 Å². The van der Waals surface area contributed by atoms with Gasteiger partial charge in [0.1, 0.15) is 0 Å². The molecule has 0 aromatic rings. The Bertz CT molecular complexity index is 149. The third-order valence-corrected chi connectivity index (χ3v) is 2.04. The number of alkyl halides is 1. The molecule has 0 bridgehead atoms. The average molecular weight is 224 g/mol. The quantitative estimate of drug-likeness (QED) is 0.557. The molecule has 0 spiro atoms. The summed E-state index contributed by atoms with van der Waals surface area (Å²) >= 11 is 11.5. The summed E-state index contributed by atoms with van der Waals surface area (Å²) in [5, 5.41) is 3.40. The van der Waals surface area contributed by atoms with E-state index in [4.69, 9.17) is 23.2 Å². The fourth-order valence-corrected chi connectivity index (χ4v) is 1.77. The first-order valence-corrected chi connectivity index (χ1v) is 5.43. The van der Waals surface area contributed by atoms with Crippen LogP contribution in [0.15, 0.2) is 11.6 Å². The Morgan fingerprint density at radius 2 is 2.00 bits per heavy atom. The lowest BCUT2D eigenvalue weighted by Crippen LogP contribution is -2.26. The molecule has 0 rings (SSSR count). The Kier molecular flexibility index (Phi) is 6.84. The summed E-state index contributed by atoms with van der Waals surface area (Å²) in [6.45, 7) is 8.21. The molecule has 0 heterocycles. The predicted octanol–water partition coefficient (Wildman–Crippen LogP) is 3.37. The number of hydrogen-bond acceptors (Lipinski definition) is 1. The Morgan fingerprint density at radius 3 is 2.46 bits per heavy atom. The zero-order chi connectivity index (χ0) is 10.3. The van der Waals surface area contributed by atoms with E-state index in [1.165, 1.54) is 5.54 Å². The van der Waals surface area contributed by atoms with Gasteiger partial charge >= 0.3 is 0 Å². The van der Waals surface area contributed by atoms with Gasteiger partial charge in [0.25, 0.3) is 0 Å². The SMILES string of the molecule is CC(C)(C)CC(Cl)CNC/C=C/Cl. The third-order valence-electron chi connectivity index (χ3n) is 1.55. The van der Waals surface area contributed by atoms with E-state index < -0.39 is 0 Å². The zero-order valence-corrected chi connectivity index (χ0v) is 10.1. The zero-order valence-electron chi connectivity index (χ0n) is 8.61. The monoisotopic (exact) mass is 223 g/mol. The minimum Gasteiger partial charge on any atom is -0.312 e. The van der Waals surface area contributed by atoms with Crippen LogP contribution in [-0.4, -0.2) is 18.5 Å². The minimum absolute atomic E-state index is 0.198. The molecule has 0 aromatic carbocycles. The summed E-state index contributed by atoms with van der Waals surface area (Å²) in [6, 6.07) is 0. The van der Waals surface area contributed by atoms with Gasteiger partial charge in [-0.2, -0.15) is 0 Å². The Balaban J connectivity index is 3.46. The van der Waals surface area contributed by atoms with Crippen LogP contribution in [-0.2, 0) is 0 Å². The van der Waals surface area contributed by atoms with E-state index in [-0.39, 0.29) is 5.38 Å². The third kappa shape index (κ3) is 10.2. The highest BCUT2D eigenvalue weighted by molar-refractivity contribution is 6.25. The van der Waals surface area contributed by atoms with E-state index in [0.717, 1.165) is 19.5 Å². The van der Waals surface area contributed by atoms with Crippen LogP contribution in [0.4, 0.5) is 0 Å². The first-order chi connectivity index (χ1) is 5.95. The molecule has 3 heteroatoms. The summed E-state index contributed by atoms with van der Waals surface area (Å²) in [5.74, 6) is 0. The normalized spacial score (nSPS) is 15.2. The smallest absolute Gasteiger partial charge is 0.0465 e. The van der Waals surface area contributed by atoms with Crippen LogP contribution < -0.4 is 5.32 Å². The highest BCUT2D eigenvalue weighted by Crippen LogP contribution is 2.22. The summed E-state index contributed by atoms with van der Waals surface area (Å²) < 4.78 is 0. The van der Waals surface area contributed by atoms with Crippen molar-refractivity contribution < 1.29 is 0 Å². The van der Waals surface area contributed by atoms with E-state index in [0.29, 0.717) is 5.41 Å². The molecule has 1 unspecified atom stereocenters. The molecular weight excluding hydrogens is 205 g/mol. The maximum atomic E-state index is 6.12. The maximum absolute atomic E-state index is 6.12. The van der Waals surface area contributed by atoms with Gasteiger partial charge in [-0.25, -0.2) is 0 Å². The molecule has 0 saturated heterocycles. The second-order valence-electron chi connectivity index (χ2n) is 4.38. The Morgan fingerprint density at radius 1 is 1.38 bits per heavy atom. The second kappa shape index (κ2) is 6.69. The van der Waals surface area contributed by atoms with Crippen LogP contribution in [0.1, 0.15) is 27.2 Å². The average Bonchev–Trinajstić information content (AvgIpc) is 1.94. The van der Waals surface area contributed by atoms with E-state index in [2.05, 4.69) is 26.1 Å². The van der Waals surface area contributed by atoms with Gasteiger partial charge in [-0.05, 0) is 11.8 Å². The van der Waals surface area contributed by atoms with Crippen molar-refractivity contribution in [1.82, 2.24) is 5.32 Å². The molecule has 1 N–H and O–H groups in total. The van der Waals surface area contributed by atoms with Crippen molar-refractivity contribution in [2.75, 3.05) is 13.1 Å². The van der Waals surface area contributed by atoms with Crippen LogP contribution in [0.3, 0.4) is 0 Å². The first kappa shape index (κ1) is 13.3. The van der Waals surface area contributed by atoms with Crippen molar-refractivity contribution in [1.29, 1.82) is 0 Å². The molecular formula is C10H19Cl2N. The van der Waals surface area contributed by atoms with Crippen molar-refractivity contribution >= 4 is 23.2 Å². The van der Waals surface area contributed by atoms with Crippen molar-refractivity contribution in [3.63, 3.8) is 0 Å². The highest BCUT2D eigenvalue weighted by Gasteiger charge is 2.15. The van der Waals surface area contributed by atoms with E-state index in [1.807, 2.05) is 6.08 Å². The summed E-state index contributed by atoms with van der Waals surface area (Å²) in [4.78, 5) is 0. The molecule has 0 fully saturated rings. The number of halogens is 2. The van der Waals surface area contributed by atoms with Gasteiger partial charge in [0, 0.05) is 24.0 Å². The molecule has 0 saturated carbocycles. The van der Waals surface area contributed by atoms with Gasteiger partial charge in [-0.1, -0.05) is 38.4 Å². The maximum Gasteiger partial charge on any atom is 0.0465 e. The van der Waals surface area contributed by atoms with Gasteiger partial charge < -0.3 is 5.32 Å². The molecule has 0 amide bonds. The fraction of sp³-hybridized carbons (Fsp3) is 0.800. The Labute approximate surface area is 91.5 Å². The van der Waals surface area contributed by atoms with Crippen LogP contribution in [0.2, 0.25) is 0 Å². The van der Waals surface area contributed by atoms with Gasteiger partial charge in [-0.3, -0.25) is 0 Å². The molecule has 0 aliphatic heterocycles. The van der Waals surface area contributed by atoms with Crippen molar-refractivity contribution in [3.8, 4) is 0 Å². The lowest BCUT2D eigenvalue weighted by Gasteiger charge is -2.21. The van der Waals surface area contributed by atoms with Crippen molar-refractivity contribution in [2.45, 2.75) is 32.6 Å². The molecule has 13 heavy (non-hydrogen) atoms. The second-order valence-corrected chi connectivity index (χ2v) is 5.25. The molecule has 1 nitrogen and oxygen atoms in total. The van der Waals surface area contributed by atoms with Crippen molar-refractivity contribution in [3.05, 3.63) is 11.6 Å². The lowest BCUT2D eigenvalue weighted by atomic mass is 9.90. The number of rotatable bonds is 5. The fourth-order valence-electron chi connectivity index (χ4n) is 1.10. The lowest BCUT2D eigenvalue weighted by molar-refractivity contribution is 0.366. The van der Waals surface area contributed by atoms with Crippen molar-refractivity contribution in [2.24, 2.45) is 5.41 Å². The topological polar surface area (TPSA) is 12.0 Å². The predicted molar refractivity (Wildman–Crippen MR) is 61.6 cm³/mol. The largest absolute Gasteiger partial charge is 0.312 e. The van der Waals surface area contributed by atoms with Gasteiger partial charge in [0.05, 0.1) is 0 Å². The standard InChI is InChI=1S/C10H19Cl2N/c1-10(2,3)7-9(12)8-13-6-4-5-11/h4-5,9,13H,6-8H2,1-3H3/b5-4+. The Hall–Kier alpha value is 0.280. The van der Waals surface area contributed by atoms with Crippen LogP contribution in [0.25, 0.3) is 0 Å². The minimum atomic E-state index is 0.198. The number of hydrogen-bond donors (Lipinski definition) is 1. The van der Waals surface area contributed by atoms with Gasteiger partial charge in [0.2, 0.25) is 0 Å². The summed E-state index contributed by atoms with van der Waals surface area (Å²) in [7, 11) is 0. The van der Waals surface area contributed by atoms with E-state index in [9.17, 15) is 0 Å². The molecule has 1 atom stereocenters. The molecule has 0 radical (unpaired) electrons. The molecule has 0 aromatic heterocycles. The number of nitrogens with one attached hydrogen (secondary N) is 1. The molecule has 0 aliphatic rings. The first-order valence-electron chi connectivity index (χ1n) is 4.56. The van der Waals surface area contributed by atoms with E-state index in [1.54, 1.807) is 0 Å².